The van der Waals surface area contributed by atoms with Crippen molar-refractivity contribution < 1.29 is 17.6 Å². The summed E-state index contributed by atoms with van der Waals surface area (Å²) in [4.78, 5) is 16.3. The standard InChI is InChI=1S/C13H14N2O4S2/c1-8-2-3-11(19-8)10-6-20-13(14-10)15-12(16)9-4-5-21(17,18)7-9/h2-3,6,9H,4-5,7H2,1H3,(H,14,15,16). The summed E-state index contributed by atoms with van der Waals surface area (Å²) in [5, 5.41) is 4.92. The van der Waals surface area contributed by atoms with Gasteiger partial charge in [0.05, 0.1) is 17.4 Å². The van der Waals surface area contributed by atoms with Crippen molar-refractivity contribution in [2.24, 2.45) is 5.92 Å². The van der Waals surface area contributed by atoms with Crippen molar-refractivity contribution in [1.29, 1.82) is 0 Å². The average molecular weight is 326 g/mol. The van der Waals surface area contributed by atoms with Crippen LogP contribution in [0.4, 0.5) is 5.13 Å². The average Bonchev–Trinajstić information content (AvgIpc) is 3.09. The molecule has 2 aromatic rings. The lowest BCUT2D eigenvalue weighted by Gasteiger charge is -2.06. The molecule has 1 unspecified atom stereocenters. The minimum atomic E-state index is -3.06. The number of furan rings is 1. The second-order valence-electron chi connectivity index (χ2n) is 5.04. The smallest absolute Gasteiger partial charge is 0.230 e. The molecule has 0 bridgehead atoms. The highest BCUT2D eigenvalue weighted by atomic mass is 32.2. The molecule has 0 aromatic carbocycles. The largest absolute Gasteiger partial charge is 0.460 e. The van der Waals surface area contributed by atoms with Crippen molar-refractivity contribution in [2.45, 2.75) is 13.3 Å². The minimum Gasteiger partial charge on any atom is -0.460 e. The lowest BCUT2D eigenvalue weighted by Crippen LogP contribution is -2.23. The van der Waals surface area contributed by atoms with Gasteiger partial charge in [-0.15, -0.1) is 11.3 Å². The lowest BCUT2D eigenvalue weighted by molar-refractivity contribution is -0.119. The Morgan fingerprint density at radius 1 is 1.48 bits per heavy atom. The van der Waals surface area contributed by atoms with Crippen LogP contribution < -0.4 is 5.32 Å². The number of rotatable bonds is 3. The van der Waals surface area contributed by atoms with Crippen LogP contribution >= 0.6 is 11.3 Å². The second kappa shape index (κ2) is 5.27. The number of amides is 1. The van der Waals surface area contributed by atoms with Crippen LogP contribution in [0.5, 0.6) is 0 Å². The van der Waals surface area contributed by atoms with E-state index in [0.717, 1.165) is 5.76 Å². The predicted molar refractivity (Wildman–Crippen MR) is 79.9 cm³/mol. The topological polar surface area (TPSA) is 89.3 Å². The molecule has 1 aliphatic heterocycles. The summed E-state index contributed by atoms with van der Waals surface area (Å²) in [7, 11) is -3.06. The number of carbonyl (C=O) groups is 1. The number of aryl methyl sites for hydroxylation is 1. The third-order valence-electron chi connectivity index (χ3n) is 3.33. The second-order valence-corrected chi connectivity index (χ2v) is 8.12. The van der Waals surface area contributed by atoms with Crippen LogP contribution in [-0.4, -0.2) is 30.8 Å². The molecule has 112 valence electrons. The summed E-state index contributed by atoms with van der Waals surface area (Å²) in [6, 6.07) is 3.66. The summed E-state index contributed by atoms with van der Waals surface area (Å²) in [5.41, 5.74) is 0.655. The van der Waals surface area contributed by atoms with Crippen LogP contribution in [0, 0.1) is 12.8 Å². The maximum absolute atomic E-state index is 12.0. The number of nitrogens with zero attached hydrogens (tertiary/aromatic N) is 1. The molecule has 0 saturated carbocycles. The van der Waals surface area contributed by atoms with Gasteiger partial charge in [-0.25, -0.2) is 13.4 Å². The third kappa shape index (κ3) is 3.16. The first-order valence-corrected chi connectivity index (χ1v) is 9.17. The van der Waals surface area contributed by atoms with Crippen molar-refractivity contribution >= 4 is 32.2 Å². The van der Waals surface area contributed by atoms with Gasteiger partial charge in [-0.05, 0) is 25.5 Å². The van der Waals surface area contributed by atoms with Crippen LogP contribution in [0.1, 0.15) is 12.2 Å². The summed E-state index contributed by atoms with van der Waals surface area (Å²) in [5.74, 6) is 0.683. The number of hydrogen-bond acceptors (Lipinski definition) is 6. The molecule has 8 heteroatoms. The van der Waals surface area contributed by atoms with Gasteiger partial charge >= 0.3 is 0 Å². The summed E-state index contributed by atoms with van der Waals surface area (Å²) in [6.45, 7) is 1.85. The zero-order chi connectivity index (χ0) is 15.0. The zero-order valence-electron chi connectivity index (χ0n) is 11.3. The highest BCUT2D eigenvalue weighted by Crippen LogP contribution is 2.27. The van der Waals surface area contributed by atoms with Gasteiger partial charge < -0.3 is 9.73 Å². The molecule has 3 heterocycles. The SMILES string of the molecule is Cc1ccc(-c2csc(NC(=O)C3CCS(=O)(=O)C3)n2)o1. The first-order valence-electron chi connectivity index (χ1n) is 6.46. The predicted octanol–water partition coefficient (Wildman–Crippen LogP) is 2.08. The maximum Gasteiger partial charge on any atom is 0.230 e. The lowest BCUT2D eigenvalue weighted by atomic mass is 10.1. The van der Waals surface area contributed by atoms with Gasteiger partial charge in [0, 0.05) is 5.38 Å². The monoisotopic (exact) mass is 326 g/mol. The molecule has 0 radical (unpaired) electrons. The molecule has 1 N–H and O–H groups in total. The number of carbonyl (C=O) groups excluding carboxylic acids is 1. The van der Waals surface area contributed by atoms with Gasteiger partial charge in [0.2, 0.25) is 5.91 Å². The Bertz CT molecular complexity index is 776. The number of aromatic nitrogens is 1. The molecular weight excluding hydrogens is 312 g/mol. The van der Waals surface area contributed by atoms with E-state index in [-0.39, 0.29) is 17.4 Å². The van der Waals surface area contributed by atoms with Crippen molar-refractivity contribution in [3.05, 3.63) is 23.3 Å². The normalized spacial score (nSPS) is 20.5. The zero-order valence-corrected chi connectivity index (χ0v) is 13.0. The van der Waals surface area contributed by atoms with Gasteiger partial charge in [-0.1, -0.05) is 0 Å². The Balaban J connectivity index is 1.69. The quantitative estimate of drug-likeness (QED) is 0.933. The van der Waals surface area contributed by atoms with E-state index in [9.17, 15) is 13.2 Å². The van der Waals surface area contributed by atoms with E-state index < -0.39 is 15.8 Å². The molecule has 2 aromatic heterocycles. The van der Waals surface area contributed by atoms with Gasteiger partial charge in [-0.3, -0.25) is 4.79 Å². The Morgan fingerprint density at radius 3 is 2.90 bits per heavy atom. The van der Waals surface area contributed by atoms with E-state index in [1.54, 1.807) is 5.38 Å². The molecule has 1 atom stereocenters. The van der Waals surface area contributed by atoms with E-state index in [1.165, 1.54) is 11.3 Å². The Hall–Kier alpha value is -1.67. The number of sulfone groups is 1. The minimum absolute atomic E-state index is 0.0750. The molecule has 0 spiro atoms. The summed E-state index contributed by atoms with van der Waals surface area (Å²) >= 11 is 1.29. The van der Waals surface area contributed by atoms with Gasteiger partial charge in [0.25, 0.3) is 0 Å². The van der Waals surface area contributed by atoms with E-state index in [0.29, 0.717) is 23.0 Å². The Kier molecular flexibility index (Phi) is 3.58. The summed E-state index contributed by atoms with van der Waals surface area (Å²) in [6.07, 6.45) is 0.379. The molecule has 0 aliphatic carbocycles. The number of hydrogen-bond donors (Lipinski definition) is 1. The molecular formula is C13H14N2O4S2. The first kappa shape index (κ1) is 14.3. The van der Waals surface area contributed by atoms with E-state index in [4.69, 9.17) is 4.42 Å². The van der Waals surface area contributed by atoms with Crippen LogP contribution in [0.2, 0.25) is 0 Å². The van der Waals surface area contributed by atoms with E-state index in [2.05, 4.69) is 10.3 Å². The van der Waals surface area contributed by atoms with Crippen molar-refractivity contribution in [3.63, 3.8) is 0 Å². The fraction of sp³-hybridized carbons (Fsp3) is 0.385. The first-order chi connectivity index (χ1) is 9.93. The third-order valence-corrected chi connectivity index (χ3v) is 5.86. The van der Waals surface area contributed by atoms with Gasteiger partial charge in [-0.2, -0.15) is 0 Å². The number of nitrogens with one attached hydrogen (secondary N) is 1. The molecule has 6 nitrogen and oxygen atoms in total. The van der Waals surface area contributed by atoms with Gasteiger partial charge in [0.15, 0.2) is 20.7 Å². The van der Waals surface area contributed by atoms with Crippen LogP contribution in [0.3, 0.4) is 0 Å². The van der Waals surface area contributed by atoms with Crippen molar-refractivity contribution in [1.82, 2.24) is 4.98 Å². The highest BCUT2D eigenvalue weighted by Gasteiger charge is 2.33. The van der Waals surface area contributed by atoms with Crippen LogP contribution in [0.15, 0.2) is 21.9 Å². The molecule has 1 amide bonds. The van der Waals surface area contributed by atoms with Crippen LogP contribution in [0.25, 0.3) is 11.5 Å². The number of anilines is 1. The number of thiazole rings is 1. The van der Waals surface area contributed by atoms with Gasteiger partial charge in [0.1, 0.15) is 11.5 Å². The maximum atomic E-state index is 12.0. The fourth-order valence-corrected chi connectivity index (χ4v) is 4.67. The summed E-state index contributed by atoms with van der Waals surface area (Å²) < 4.78 is 28.2. The van der Waals surface area contributed by atoms with E-state index >= 15 is 0 Å². The van der Waals surface area contributed by atoms with E-state index in [1.807, 2.05) is 19.1 Å². The molecule has 21 heavy (non-hydrogen) atoms. The van der Waals surface area contributed by atoms with Crippen LogP contribution in [-0.2, 0) is 14.6 Å². The fourth-order valence-electron chi connectivity index (χ4n) is 2.23. The molecule has 1 fully saturated rings. The Morgan fingerprint density at radius 2 is 2.29 bits per heavy atom. The molecule has 1 aliphatic rings. The Labute approximate surface area is 126 Å². The molecule has 3 rings (SSSR count). The highest BCUT2D eigenvalue weighted by molar-refractivity contribution is 7.91. The van der Waals surface area contributed by atoms with Crippen molar-refractivity contribution in [2.75, 3.05) is 16.8 Å². The van der Waals surface area contributed by atoms with Crippen molar-refractivity contribution in [3.8, 4) is 11.5 Å². The molecule has 1 saturated heterocycles.